The second-order valence-corrected chi connectivity index (χ2v) is 8.14. The van der Waals surface area contributed by atoms with E-state index in [4.69, 9.17) is 40.9 Å². The number of hydrogen-bond acceptors (Lipinski definition) is 6. The molecule has 0 aliphatic rings. The van der Waals surface area contributed by atoms with Gasteiger partial charge in [-0.3, -0.25) is 14.8 Å². The SMILES string of the molecule is CN(C(=N)N)C(C(=O)O)P(=O)(O)O.O=C(O)C(Cc1c[nH]cn1)NP(=O)(O)O. The summed E-state index contributed by atoms with van der Waals surface area (Å²) in [4.78, 5) is 62.3. The van der Waals surface area contributed by atoms with Gasteiger partial charge in [-0.25, -0.2) is 19.4 Å². The van der Waals surface area contributed by atoms with Gasteiger partial charge in [0, 0.05) is 19.7 Å². The number of imidazole rings is 1. The molecule has 16 nitrogen and oxygen atoms in total. The maximum Gasteiger partial charge on any atom is 0.401 e. The van der Waals surface area contributed by atoms with Crippen molar-refractivity contribution in [3.8, 4) is 0 Å². The van der Waals surface area contributed by atoms with E-state index in [9.17, 15) is 18.7 Å². The number of nitrogens with two attached hydrogens (primary N) is 1. The van der Waals surface area contributed by atoms with E-state index in [0.717, 1.165) is 7.05 Å². The molecule has 0 fully saturated rings. The van der Waals surface area contributed by atoms with Gasteiger partial charge in [0.05, 0.1) is 12.0 Å². The fraction of sp³-hybridized carbons (Fsp3) is 0.400. The molecule has 1 aromatic rings. The molecule has 28 heavy (non-hydrogen) atoms. The molecule has 1 aromatic heterocycles. The van der Waals surface area contributed by atoms with Crippen LogP contribution in [0.3, 0.4) is 0 Å². The maximum absolute atomic E-state index is 10.7. The molecule has 0 saturated heterocycles. The Balaban J connectivity index is 0.000000528. The van der Waals surface area contributed by atoms with Crippen LogP contribution in [0.1, 0.15) is 5.69 Å². The van der Waals surface area contributed by atoms with E-state index < -0.39 is 45.1 Å². The first-order chi connectivity index (χ1) is 12.6. The number of carboxylic acids is 2. The Kier molecular flexibility index (Phi) is 9.43. The highest BCUT2D eigenvalue weighted by molar-refractivity contribution is 7.53. The van der Waals surface area contributed by atoms with Gasteiger partial charge in [-0.15, -0.1) is 0 Å². The molecule has 11 N–H and O–H groups in total. The lowest BCUT2D eigenvalue weighted by atomic mass is 10.2. The van der Waals surface area contributed by atoms with Crippen molar-refractivity contribution in [1.82, 2.24) is 20.0 Å². The van der Waals surface area contributed by atoms with Crippen LogP contribution in [-0.4, -0.2) is 81.4 Å². The van der Waals surface area contributed by atoms with Gasteiger partial charge in [-0.1, -0.05) is 0 Å². The number of aliphatic carboxylic acids is 2. The zero-order chi connectivity index (χ0) is 22.3. The number of H-pyrrole nitrogens is 1. The standard InChI is InChI=1S/C6H10N3O5P.C4H10N3O5P/c10-6(11)5(9-15(12,13)14)1-4-2-7-3-8-4;1-7(4(5)6)2(3(8)9)13(10,11)12/h2-3,5H,1H2,(H,7,8)(H,10,11)(H3,9,12,13,14);2H,1H3,(H3,5,6)(H,8,9)(H2,10,11,12). The molecule has 160 valence electrons. The van der Waals surface area contributed by atoms with Crippen molar-refractivity contribution in [2.24, 2.45) is 5.73 Å². The molecule has 0 aliphatic heterocycles. The number of carbonyl (C=O) groups is 2. The minimum atomic E-state index is -4.84. The lowest BCUT2D eigenvalue weighted by Gasteiger charge is -2.24. The molecule has 18 heteroatoms. The van der Waals surface area contributed by atoms with Crippen LogP contribution in [0.25, 0.3) is 0 Å². The third-order valence-corrected chi connectivity index (χ3v) is 4.73. The van der Waals surface area contributed by atoms with Crippen molar-refractivity contribution in [1.29, 1.82) is 5.41 Å². The number of aromatic amines is 1. The smallest absolute Gasteiger partial charge is 0.401 e. The van der Waals surface area contributed by atoms with E-state index >= 15 is 0 Å². The summed E-state index contributed by atoms with van der Waals surface area (Å²) in [5.41, 5.74) is 5.28. The molecule has 0 amide bonds. The molecule has 0 aromatic carbocycles. The first-order valence-corrected chi connectivity index (χ1v) is 10.2. The summed E-state index contributed by atoms with van der Waals surface area (Å²) in [6.07, 6.45) is 2.70. The molecule has 0 spiro atoms. The largest absolute Gasteiger partial charge is 0.480 e. The van der Waals surface area contributed by atoms with Crippen LogP contribution in [-0.2, 0) is 25.1 Å². The van der Waals surface area contributed by atoms with E-state index in [1.54, 1.807) is 5.09 Å². The number of likely N-dealkylation sites (N-methyl/N-ethyl adjacent to an activating group) is 1. The number of guanidine groups is 1. The highest BCUT2D eigenvalue weighted by Gasteiger charge is 2.40. The lowest BCUT2D eigenvalue weighted by Crippen LogP contribution is -2.45. The van der Waals surface area contributed by atoms with Crippen molar-refractivity contribution in [2.75, 3.05) is 7.05 Å². The van der Waals surface area contributed by atoms with Gasteiger partial charge < -0.3 is 45.4 Å². The third-order valence-electron chi connectivity index (χ3n) is 2.88. The van der Waals surface area contributed by atoms with Crippen LogP contribution in [0.5, 0.6) is 0 Å². The zero-order valence-corrected chi connectivity index (χ0v) is 16.0. The third kappa shape index (κ3) is 9.57. The fourth-order valence-corrected chi connectivity index (χ4v) is 3.14. The highest BCUT2D eigenvalue weighted by atomic mass is 31.2. The molecule has 1 rings (SSSR count). The Labute approximate surface area is 157 Å². The maximum atomic E-state index is 10.7. The molecule has 2 atom stereocenters. The van der Waals surface area contributed by atoms with Crippen LogP contribution in [0, 0.1) is 5.41 Å². The van der Waals surface area contributed by atoms with E-state index in [-0.39, 0.29) is 6.42 Å². The summed E-state index contributed by atoms with van der Waals surface area (Å²) >= 11 is 0. The highest BCUT2D eigenvalue weighted by Crippen LogP contribution is 2.42. The van der Waals surface area contributed by atoms with Crippen LogP contribution >= 0.6 is 15.3 Å². The molecule has 0 saturated carbocycles. The van der Waals surface area contributed by atoms with Crippen molar-refractivity contribution in [2.45, 2.75) is 18.2 Å². The van der Waals surface area contributed by atoms with Crippen molar-refractivity contribution in [3.05, 3.63) is 18.2 Å². The minimum Gasteiger partial charge on any atom is -0.480 e. The summed E-state index contributed by atoms with van der Waals surface area (Å²) in [6.45, 7) is 0. The average Bonchev–Trinajstić information content (AvgIpc) is 2.96. The zero-order valence-electron chi connectivity index (χ0n) is 14.2. The Morgan fingerprint density at radius 3 is 2.07 bits per heavy atom. The summed E-state index contributed by atoms with van der Waals surface area (Å²) < 4.78 is 21.2. The first-order valence-electron chi connectivity index (χ1n) is 6.95. The Morgan fingerprint density at radius 2 is 1.82 bits per heavy atom. The van der Waals surface area contributed by atoms with Crippen molar-refractivity contribution in [3.63, 3.8) is 0 Å². The second-order valence-electron chi connectivity index (χ2n) is 5.13. The molecule has 0 bridgehead atoms. The quantitative estimate of drug-likeness (QED) is 0.112. The summed E-state index contributed by atoms with van der Waals surface area (Å²) in [6, 6.07) is -1.37. The molecular formula is C10H20N6O10P2. The molecule has 0 radical (unpaired) electrons. The Hall–Kier alpha value is -2.32. The van der Waals surface area contributed by atoms with E-state index in [1.165, 1.54) is 12.5 Å². The minimum absolute atomic E-state index is 0.107. The Bertz CT molecular complexity index is 774. The summed E-state index contributed by atoms with van der Waals surface area (Å²) in [5.74, 6) is -5.91. The van der Waals surface area contributed by atoms with Crippen molar-refractivity contribution < 1.29 is 48.5 Å². The normalized spacial score (nSPS) is 13.6. The van der Waals surface area contributed by atoms with E-state index in [0.29, 0.717) is 10.6 Å². The van der Waals surface area contributed by atoms with Crippen LogP contribution < -0.4 is 10.8 Å². The van der Waals surface area contributed by atoms with Gasteiger partial charge in [-0.05, 0) is 0 Å². The predicted octanol–water partition coefficient (Wildman–Crippen LogP) is -2.51. The van der Waals surface area contributed by atoms with Gasteiger partial charge >= 0.3 is 27.3 Å². The number of carboxylic acid groups (broad SMARTS) is 2. The topological polar surface area (TPSA) is 283 Å². The lowest BCUT2D eigenvalue weighted by molar-refractivity contribution is -0.140. The molecule has 1 heterocycles. The number of rotatable bonds is 8. The second kappa shape index (κ2) is 10.3. The van der Waals surface area contributed by atoms with Crippen LogP contribution in [0.4, 0.5) is 0 Å². The number of hydrogen-bond donors (Lipinski definition) is 10. The average molecular weight is 446 g/mol. The molecule has 0 aliphatic carbocycles. The van der Waals surface area contributed by atoms with Crippen LogP contribution in [0.2, 0.25) is 0 Å². The summed E-state index contributed by atoms with van der Waals surface area (Å²) in [7, 11) is -8.39. The van der Waals surface area contributed by atoms with Crippen LogP contribution in [0.15, 0.2) is 12.5 Å². The van der Waals surface area contributed by atoms with Gasteiger partial charge in [-0.2, -0.15) is 0 Å². The number of nitrogens with zero attached hydrogens (tertiary/aromatic N) is 2. The van der Waals surface area contributed by atoms with Gasteiger partial charge in [0.1, 0.15) is 6.04 Å². The Morgan fingerprint density at radius 1 is 1.29 bits per heavy atom. The van der Waals surface area contributed by atoms with Gasteiger partial charge in [0.2, 0.25) is 5.78 Å². The first kappa shape index (κ1) is 25.7. The van der Waals surface area contributed by atoms with E-state index in [2.05, 4.69) is 9.97 Å². The van der Waals surface area contributed by atoms with Gasteiger partial charge in [0.15, 0.2) is 5.96 Å². The fourth-order valence-electron chi connectivity index (χ4n) is 1.67. The molecule has 2 unspecified atom stereocenters. The van der Waals surface area contributed by atoms with Crippen molar-refractivity contribution >= 4 is 33.2 Å². The number of nitrogens with one attached hydrogen (secondary N) is 3. The van der Waals surface area contributed by atoms with Gasteiger partial charge in [0.25, 0.3) is 0 Å². The predicted molar refractivity (Wildman–Crippen MR) is 92.0 cm³/mol. The summed E-state index contributed by atoms with van der Waals surface area (Å²) in [5, 5.41) is 25.6. The van der Waals surface area contributed by atoms with E-state index in [1.807, 2.05) is 0 Å². The monoisotopic (exact) mass is 446 g/mol. The molecular weight excluding hydrogens is 426 g/mol. The number of aromatic nitrogens is 2.